The van der Waals surface area contributed by atoms with Crippen molar-refractivity contribution >= 4 is 11.8 Å². The number of hydrogen-bond acceptors (Lipinski definition) is 3. The first-order valence-corrected chi connectivity index (χ1v) is 8.53. The number of aromatic hydroxyl groups is 1. The Labute approximate surface area is 141 Å². The van der Waals surface area contributed by atoms with Gasteiger partial charge in [0.2, 0.25) is 0 Å². The number of halogens is 1. The molecule has 0 spiro atoms. The summed E-state index contributed by atoms with van der Waals surface area (Å²) in [7, 11) is 1.76. The highest BCUT2D eigenvalue weighted by atomic mass is 32.2. The molecule has 1 aliphatic rings. The molecule has 0 saturated carbocycles. The highest BCUT2D eigenvalue weighted by molar-refractivity contribution is 8.02. The van der Waals surface area contributed by atoms with Gasteiger partial charge in [-0.3, -0.25) is 0 Å². The van der Waals surface area contributed by atoms with E-state index in [2.05, 4.69) is 16.8 Å². The fourth-order valence-electron chi connectivity index (χ4n) is 2.32. The number of phenolic OH excluding ortho intramolecular Hbond substituents is 1. The number of phenols is 1. The average Bonchev–Trinajstić information content (AvgIpc) is 2.57. The molecule has 2 N–H and O–H groups in total. The molecule has 0 aromatic heterocycles. The smallest absolute Gasteiger partial charge is 0.120 e. The Balaban J connectivity index is 0.000000167. The number of rotatable bonds is 4. The summed E-state index contributed by atoms with van der Waals surface area (Å²) < 4.78 is 13.0. The van der Waals surface area contributed by atoms with E-state index in [1.165, 1.54) is 4.90 Å². The zero-order valence-electron chi connectivity index (χ0n) is 13.2. The van der Waals surface area contributed by atoms with E-state index in [1.807, 2.05) is 42.5 Å². The Morgan fingerprint density at radius 3 is 2.65 bits per heavy atom. The first-order chi connectivity index (χ1) is 11.2. The lowest BCUT2D eigenvalue weighted by Crippen LogP contribution is -2.21. The van der Waals surface area contributed by atoms with Crippen molar-refractivity contribution in [3.05, 3.63) is 71.1 Å². The first kappa shape index (κ1) is 17.6. The molecule has 2 aromatic carbocycles. The van der Waals surface area contributed by atoms with E-state index in [1.54, 1.807) is 24.9 Å². The van der Waals surface area contributed by atoms with Crippen molar-refractivity contribution in [2.75, 3.05) is 13.6 Å². The number of allylic oxidation sites excluding steroid dienone is 1. The zero-order valence-corrected chi connectivity index (χ0v) is 14.0. The van der Waals surface area contributed by atoms with Crippen molar-refractivity contribution in [1.82, 2.24) is 5.32 Å². The highest BCUT2D eigenvalue weighted by Gasteiger charge is 2.08. The van der Waals surface area contributed by atoms with Gasteiger partial charge < -0.3 is 10.4 Å². The Morgan fingerprint density at radius 2 is 1.96 bits per heavy atom. The van der Waals surface area contributed by atoms with E-state index in [4.69, 9.17) is 0 Å². The van der Waals surface area contributed by atoms with Crippen LogP contribution < -0.4 is 5.32 Å². The van der Waals surface area contributed by atoms with E-state index < -0.39 is 6.17 Å². The number of thioether (sulfide) groups is 1. The summed E-state index contributed by atoms with van der Waals surface area (Å²) in [5.74, 6) is 0.416. The van der Waals surface area contributed by atoms with Crippen LogP contribution in [0.3, 0.4) is 0 Å². The zero-order chi connectivity index (χ0) is 16.5. The summed E-state index contributed by atoms with van der Waals surface area (Å²) >= 11 is 1.66. The largest absolute Gasteiger partial charge is 0.508 e. The van der Waals surface area contributed by atoms with Gasteiger partial charge in [-0.15, -0.1) is 0 Å². The summed E-state index contributed by atoms with van der Waals surface area (Å²) in [5.41, 5.74) is 2.11. The van der Waals surface area contributed by atoms with Crippen molar-refractivity contribution in [2.45, 2.75) is 23.9 Å². The standard InChI is InChI=1S/C10H14FN.C9H8OS/c1-12-8-10(11)7-9-5-3-2-4-6-9;10-8-4-1-5-9-7(8)3-2-6-11-9/h2-6,10,12H,7-8H2,1H3;1-2,4-6,10H,3H2. The number of benzene rings is 2. The third-order valence-corrected chi connectivity index (χ3v) is 4.41. The van der Waals surface area contributed by atoms with Gasteiger partial charge in [0.25, 0.3) is 0 Å². The normalized spacial score (nSPS) is 13.7. The lowest BCUT2D eigenvalue weighted by atomic mass is 10.1. The number of alkyl halides is 1. The second-order valence-corrected chi connectivity index (χ2v) is 6.24. The molecule has 2 nitrogen and oxygen atoms in total. The van der Waals surface area contributed by atoms with Crippen molar-refractivity contribution in [1.29, 1.82) is 0 Å². The molecule has 1 heterocycles. The number of fused-ring (bicyclic) bond motifs is 1. The third-order valence-electron chi connectivity index (χ3n) is 3.45. The molecule has 0 radical (unpaired) electrons. The predicted molar refractivity (Wildman–Crippen MR) is 95.8 cm³/mol. The van der Waals surface area contributed by atoms with Gasteiger partial charge in [0.1, 0.15) is 11.9 Å². The van der Waals surface area contributed by atoms with Gasteiger partial charge >= 0.3 is 0 Å². The number of hydrogen-bond donors (Lipinski definition) is 2. The van der Waals surface area contributed by atoms with Crippen LogP contribution in [0.15, 0.2) is 64.9 Å². The molecule has 0 saturated heterocycles. The number of nitrogens with one attached hydrogen (secondary N) is 1. The Kier molecular flexibility index (Phi) is 7.17. The van der Waals surface area contributed by atoms with Gasteiger partial charge in [-0.25, -0.2) is 4.39 Å². The summed E-state index contributed by atoms with van der Waals surface area (Å²) in [6.45, 7) is 0.425. The van der Waals surface area contributed by atoms with Crippen LogP contribution in [0.1, 0.15) is 11.1 Å². The lowest BCUT2D eigenvalue weighted by molar-refractivity contribution is 0.324. The second kappa shape index (κ2) is 9.38. The van der Waals surface area contributed by atoms with E-state index in [0.717, 1.165) is 17.5 Å². The van der Waals surface area contributed by atoms with Crippen LogP contribution in [0.4, 0.5) is 4.39 Å². The lowest BCUT2D eigenvalue weighted by Gasteiger charge is -2.10. The van der Waals surface area contributed by atoms with Gasteiger partial charge in [-0.05, 0) is 36.6 Å². The fourth-order valence-corrected chi connectivity index (χ4v) is 3.15. The van der Waals surface area contributed by atoms with E-state index in [9.17, 15) is 9.50 Å². The minimum atomic E-state index is -0.780. The van der Waals surface area contributed by atoms with Crippen LogP contribution in [-0.4, -0.2) is 24.9 Å². The van der Waals surface area contributed by atoms with E-state index in [-0.39, 0.29) is 0 Å². The molecule has 3 rings (SSSR count). The quantitative estimate of drug-likeness (QED) is 0.874. The van der Waals surface area contributed by atoms with E-state index in [0.29, 0.717) is 18.7 Å². The van der Waals surface area contributed by atoms with Crippen LogP contribution in [0.25, 0.3) is 0 Å². The van der Waals surface area contributed by atoms with Crippen molar-refractivity contribution in [3.8, 4) is 5.75 Å². The first-order valence-electron chi connectivity index (χ1n) is 7.66. The van der Waals surface area contributed by atoms with Crippen molar-refractivity contribution in [2.24, 2.45) is 0 Å². The van der Waals surface area contributed by atoms with Crippen molar-refractivity contribution < 1.29 is 9.50 Å². The highest BCUT2D eigenvalue weighted by Crippen LogP contribution is 2.33. The van der Waals surface area contributed by atoms with Crippen LogP contribution in [0, 0.1) is 0 Å². The molecule has 0 fully saturated rings. The molecule has 0 amide bonds. The van der Waals surface area contributed by atoms with Gasteiger partial charge in [0.05, 0.1) is 0 Å². The fraction of sp³-hybridized carbons (Fsp3) is 0.263. The molecule has 1 atom stereocenters. The summed E-state index contributed by atoms with van der Waals surface area (Å²) in [6.07, 6.45) is 2.64. The third kappa shape index (κ3) is 5.73. The maximum atomic E-state index is 13.0. The topological polar surface area (TPSA) is 32.3 Å². The molecule has 2 aromatic rings. The molecule has 1 unspecified atom stereocenters. The van der Waals surface area contributed by atoms with Crippen LogP contribution in [-0.2, 0) is 12.8 Å². The maximum Gasteiger partial charge on any atom is 0.120 e. The second-order valence-electron chi connectivity index (χ2n) is 5.29. The van der Waals surface area contributed by atoms with Crippen LogP contribution in [0.5, 0.6) is 5.75 Å². The Morgan fingerprint density at radius 1 is 1.17 bits per heavy atom. The van der Waals surface area contributed by atoms with Gasteiger partial charge in [0, 0.05) is 23.4 Å². The predicted octanol–water partition coefficient (Wildman–Crippen LogP) is 4.34. The molecule has 0 aliphatic carbocycles. The molecular formula is C19H22FNOS. The van der Waals surface area contributed by atoms with Gasteiger partial charge in [-0.2, -0.15) is 0 Å². The SMILES string of the molecule is CNCC(F)Cc1ccccc1.Oc1cccc2c1CC=CS2. The molecule has 0 bridgehead atoms. The summed E-state index contributed by atoms with van der Waals surface area (Å²) in [4.78, 5) is 1.17. The van der Waals surface area contributed by atoms with E-state index >= 15 is 0 Å². The summed E-state index contributed by atoms with van der Waals surface area (Å²) in [6, 6.07) is 15.3. The molecular weight excluding hydrogens is 309 g/mol. The van der Waals surface area contributed by atoms with Gasteiger partial charge in [0.15, 0.2) is 0 Å². The monoisotopic (exact) mass is 331 g/mol. The molecule has 23 heavy (non-hydrogen) atoms. The Bertz CT molecular complexity index is 631. The minimum absolute atomic E-state index is 0.416. The molecule has 122 valence electrons. The Hall–Kier alpha value is -1.78. The maximum absolute atomic E-state index is 13.0. The molecule has 1 aliphatic heterocycles. The van der Waals surface area contributed by atoms with Gasteiger partial charge in [-0.1, -0.05) is 54.2 Å². The average molecular weight is 331 g/mol. The summed E-state index contributed by atoms with van der Waals surface area (Å²) in [5, 5.41) is 14.3. The van der Waals surface area contributed by atoms with Crippen LogP contribution >= 0.6 is 11.8 Å². The molecule has 4 heteroatoms. The van der Waals surface area contributed by atoms with Crippen LogP contribution in [0.2, 0.25) is 0 Å². The minimum Gasteiger partial charge on any atom is -0.508 e. The van der Waals surface area contributed by atoms with Crippen molar-refractivity contribution in [3.63, 3.8) is 0 Å².